The van der Waals surface area contributed by atoms with Crippen molar-refractivity contribution in [2.24, 2.45) is 5.73 Å². The number of carboxylic acids is 1. The summed E-state index contributed by atoms with van der Waals surface area (Å²) in [6, 6.07) is 10.9. The highest BCUT2D eigenvalue weighted by molar-refractivity contribution is 6.39. The van der Waals surface area contributed by atoms with Gasteiger partial charge < -0.3 is 31.5 Å². The van der Waals surface area contributed by atoms with Crippen LogP contribution in [0.25, 0.3) is 22.5 Å². The van der Waals surface area contributed by atoms with Crippen LogP contribution in [0.5, 0.6) is 5.88 Å². The van der Waals surface area contributed by atoms with Crippen molar-refractivity contribution in [3.8, 4) is 28.4 Å². The van der Waals surface area contributed by atoms with E-state index < -0.39 is 24.2 Å². The number of hydrogen-bond donors (Lipinski definition) is 5. The SMILES string of the molecule is COc1nc(-c2ccnc(-c3cccc(Nc4nccc([C@H](N)CC(=O)O)c4F)c3Cl)c2Cl)ccc1CNC[C@H]1CCC(=O)N1. The standard InChI is InChI=1S/C31H30Cl2FN7O4/c1-45-31-16(14-36-15-17-6-8-24(42)39-17)5-7-22(41-31)19-10-11-37-29(27(19)33)20-3-2-4-23(26(20)32)40-30-28(34)18(9-12-38-30)21(35)13-25(43)44/h2-5,7,9-12,17,21,36H,6,8,13-15,35H2,1H3,(H,38,40)(H,39,42)(H,43,44)/t17-,21-/m1/s1. The Morgan fingerprint density at radius 2 is 1.96 bits per heavy atom. The number of aliphatic carboxylic acids is 1. The molecule has 1 aliphatic rings. The number of amides is 1. The molecule has 1 fully saturated rings. The van der Waals surface area contributed by atoms with Crippen LogP contribution in [-0.2, 0) is 16.1 Å². The molecule has 1 aliphatic heterocycles. The van der Waals surface area contributed by atoms with Crippen LogP contribution in [0.4, 0.5) is 15.9 Å². The Kier molecular flexibility index (Phi) is 10.1. The van der Waals surface area contributed by atoms with Crippen molar-refractivity contribution in [2.75, 3.05) is 19.0 Å². The van der Waals surface area contributed by atoms with Crippen LogP contribution in [0.2, 0.25) is 10.0 Å². The lowest BCUT2D eigenvalue weighted by Gasteiger charge is -2.16. The van der Waals surface area contributed by atoms with Gasteiger partial charge in [0, 0.05) is 66.2 Å². The van der Waals surface area contributed by atoms with E-state index >= 15 is 4.39 Å². The summed E-state index contributed by atoms with van der Waals surface area (Å²) < 4.78 is 20.8. The van der Waals surface area contributed by atoms with Crippen LogP contribution in [0, 0.1) is 5.82 Å². The first-order chi connectivity index (χ1) is 21.7. The number of hydrogen-bond acceptors (Lipinski definition) is 9. The minimum absolute atomic E-state index is 0.00614. The first-order valence-corrected chi connectivity index (χ1v) is 14.8. The van der Waals surface area contributed by atoms with Gasteiger partial charge in [0.25, 0.3) is 0 Å². The number of carboxylic acid groups (broad SMARTS) is 1. The first-order valence-electron chi connectivity index (χ1n) is 14.0. The molecule has 11 nitrogen and oxygen atoms in total. The lowest BCUT2D eigenvalue weighted by Crippen LogP contribution is -2.35. The fourth-order valence-corrected chi connectivity index (χ4v) is 5.61. The zero-order valence-electron chi connectivity index (χ0n) is 24.1. The van der Waals surface area contributed by atoms with Crippen molar-refractivity contribution in [1.29, 1.82) is 0 Å². The quantitative estimate of drug-likeness (QED) is 0.136. The van der Waals surface area contributed by atoms with Crippen LogP contribution < -0.4 is 26.4 Å². The molecule has 0 aliphatic carbocycles. The predicted octanol–water partition coefficient (Wildman–Crippen LogP) is 5.25. The molecule has 5 rings (SSSR count). The zero-order valence-corrected chi connectivity index (χ0v) is 25.6. The van der Waals surface area contributed by atoms with Gasteiger partial charge in [-0.2, -0.15) is 0 Å². The summed E-state index contributed by atoms with van der Waals surface area (Å²) in [5.41, 5.74) is 9.05. The number of methoxy groups -OCH3 is 1. The van der Waals surface area contributed by atoms with Gasteiger partial charge in [-0.3, -0.25) is 14.6 Å². The normalized spacial score (nSPS) is 15.0. The van der Waals surface area contributed by atoms with Gasteiger partial charge in [0.05, 0.1) is 40.7 Å². The lowest BCUT2D eigenvalue weighted by molar-refractivity contribution is -0.137. The number of aromatic nitrogens is 3. The van der Waals surface area contributed by atoms with Crippen LogP contribution in [0.1, 0.15) is 36.4 Å². The first kappa shape index (κ1) is 32.0. The van der Waals surface area contributed by atoms with Crippen LogP contribution >= 0.6 is 23.2 Å². The number of nitrogens with one attached hydrogen (secondary N) is 3. The van der Waals surface area contributed by atoms with E-state index in [1.165, 1.54) is 19.4 Å². The molecule has 0 saturated carbocycles. The largest absolute Gasteiger partial charge is 0.481 e. The molecule has 0 unspecified atom stereocenters. The van der Waals surface area contributed by atoms with Gasteiger partial charge in [0.2, 0.25) is 11.8 Å². The summed E-state index contributed by atoms with van der Waals surface area (Å²) in [7, 11) is 1.54. The van der Waals surface area contributed by atoms with Gasteiger partial charge in [-0.15, -0.1) is 0 Å². The minimum atomic E-state index is -1.15. The zero-order chi connectivity index (χ0) is 32.1. The molecular weight excluding hydrogens is 624 g/mol. The molecule has 1 saturated heterocycles. The average Bonchev–Trinajstić information content (AvgIpc) is 3.44. The number of nitrogens with two attached hydrogens (primary N) is 1. The minimum Gasteiger partial charge on any atom is -0.481 e. The van der Waals surface area contributed by atoms with Crippen molar-refractivity contribution < 1.29 is 23.8 Å². The molecule has 1 amide bonds. The van der Waals surface area contributed by atoms with E-state index in [0.29, 0.717) is 58.6 Å². The van der Waals surface area contributed by atoms with Gasteiger partial charge in [-0.1, -0.05) is 41.4 Å². The smallest absolute Gasteiger partial charge is 0.305 e. The number of rotatable bonds is 12. The third kappa shape index (κ3) is 7.31. The van der Waals surface area contributed by atoms with Crippen molar-refractivity contribution in [2.45, 2.75) is 37.9 Å². The molecular formula is C31H30Cl2FN7O4. The molecule has 234 valence electrons. The molecule has 0 radical (unpaired) electrons. The third-order valence-electron chi connectivity index (χ3n) is 7.31. The second kappa shape index (κ2) is 14.2. The number of anilines is 2. The number of carbonyl (C=O) groups excluding carboxylic acids is 1. The maximum atomic E-state index is 15.3. The van der Waals surface area contributed by atoms with Crippen molar-refractivity contribution in [3.05, 3.63) is 81.8 Å². The summed E-state index contributed by atoms with van der Waals surface area (Å²) in [4.78, 5) is 35.7. The summed E-state index contributed by atoms with van der Waals surface area (Å²) in [6.07, 6.45) is 3.82. The highest BCUT2D eigenvalue weighted by Gasteiger charge is 2.22. The third-order valence-corrected chi connectivity index (χ3v) is 8.10. The number of benzene rings is 1. The van der Waals surface area contributed by atoms with E-state index in [0.717, 1.165) is 12.0 Å². The van der Waals surface area contributed by atoms with Gasteiger partial charge in [0.15, 0.2) is 11.6 Å². The fraction of sp³-hybridized carbons (Fsp3) is 0.258. The summed E-state index contributed by atoms with van der Waals surface area (Å²) in [6.45, 7) is 1.13. The molecule has 1 aromatic carbocycles. The van der Waals surface area contributed by atoms with Crippen LogP contribution in [0.3, 0.4) is 0 Å². The molecule has 4 heterocycles. The highest BCUT2D eigenvalue weighted by Crippen LogP contribution is 2.41. The van der Waals surface area contributed by atoms with Crippen LogP contribution in [0.15, 0.2) is 54.9 Å². The summed E-state index contributed by atoms with van der Waals surface area (Å²) >= 11 is 13.7. The monoisotopic (exact) mass is 653 g/mol. The Hall–Kier alpha value is -4.36. The van der Waals surface area contributed by atoms with Crippen LogP contribution in [-0.4, -0.2) is 51.6 Å². The second-order valence-corrected chi connectivity index (χ2v) is 11.1. The van der Waals surface area contributed by atoms with E-state index in [4.69, 9.17) is 38.8 Å². The molecule has 3 aromatic heterocycles. The summed E-state index contributed by atoms with van der Waals surface area (Å²) in [5.74, 6) is -1.61. The van der Waals surface area contributed by atoms with Gasteiger partial charge in [-0.25, -0.2) is 14.4 Å². The van der Waals surface area contributed by atoms with Crippen molar-refractivity contribution in [3.63, 3.8) is 0 Å². The Morgan fingerprint density at radius 1 is 1.16 bits per heavy atom. The highest BCUT2D eigenvalue weighted by atomic mass is 35.5. The molecule has 14 heteroatoms. The maximum Gasteiger partial charge on any atom is 0.305 e. The molecule has 6 N–H and O–H groups in total. The number of pyridine rings is 3. The van der Waals surface area contributed by atoms with Gasteiger partial charge in [-0.05, 0) is 30.7 Å². The average molecular weight is 655 g/mol. The lowest BCUT2D eigenvalue weighted by atomic mass is 10.0. The van der Waals surface area contributed by atoms with Crippen molar-refractivity contribution in [1.82, 2.24) is 25.6 Å². The number of halogens is 3. The second-order valence-electron chi connectivity index (χ2n) is 10.4. The van der Waals surface area contributed by atoms with E-state index in [1.807, 2.05) is 12.1 Å². The molecule has 0 bridgehead atoms. The number of carbonyl (C=O) groups is 2. The van der Waals surface area contributed by atoms with E-state index in [2.05, 4.69) is 30.9 Å². The predicted molar refractivity (Wildman–Crippen MR) is 169 cm³/mol. The topological polar surface area (TPSA) is 164 Å². The van der Waals surface area contributed by atoms with Gasteiger partial charge in [0.1, 0.15) is 0 Å². The fourth-order valence-electron chi connectivity index (χ4n) is 5.04. The Morgan fingerprint density at radius 3 is 2.69 bits per heavy atom. The number of nitrogens with zero attached hydrogens (tertiary/aromatic N) is 3. The summed E-state index contributed by atoms with van der Waals surface area (Å²) in [5, 5.41) is 18.7. The van der Waals surface area contributed by atoms with Gasteiger partial charge >= 0.3 is 5.97 Å². The molecule has 45 heavy (non-hydrogen) atoms. The van der Waals surface area contributed by atoms with Crippen molar-refractivity contribution >= 4 is 46.6 Å². The van der Waals surface area contributed by atoms with E-state index in [9.17, 15) is 9.59 Å². The Bertz CT molecular complexity index is 1740. The Labute approximate surface area is 268 Å². The Balaban J connectivity index is 1.38. The molecule has 0 spiro atoms. The van der Waals surface area contributed by atoms with E-state index in [1.54, 1.807) is 30.5 Å². The molecule has 2 atom stereocenters. The van der Waals surface area contributed by atoms with E-state index in [-0.39, 0.29) is 28.4 Å². The maximum absolute atomic E-state index is 15.3. The molecule has 4 aromatic rings. The number of ether oxygens (including phenoxy) is 1.